The third-order valence-corrected chi connectivity index (χ3v) is 3.70. The zero-order chi connectivity index (χ0) is 17.5. The maximum absolute atomic E-state index is 12.0. The van der Waals surface area contributed by atoms with Crippen LogP contribution < -0.4 is 19.5 Å². The van der Waals surface area contributed by atoms with E-state index in [9.17, 15) is 4.79 Å². The molecule has 0 saturated carbocycles. The van der Waals surface area contributed by atoms with E-state index < -0.39 is 0 Å². The standard InChI is InChI=1S/C18H18BrNO4/c1-22-15-9-12(10-16(23-2)18(15)24-3)7-8-17(21)20-14-6-4-5-13(19)11-14/h4-11H,1-3H3,(H,20,21). The van der Waals surface area contributed by atoms with E-state index in [0.717, 1.165) is 10.0 Å². The number of amides is 1. The fourth-order valence-electron chi connectivity index (χ4n) is 2.12. The zero-order valence-corrected chi connectivity index (χ0v) is 15.2. The summed E-state index contributed by atoms with van der Waals surface area (Å²) >= 11 is 3.36. The van der Waals surface area contributed by atoms with Gasteiger partial charge in [0.1, 0.15) is 0 Å². The number of nitrogens with one attached hydrogen (secondary N) is 1. The third kappa shape index (κ3) is 4.52. The van der Waals surface area contributed by atoms with Gasteiger partial charge in [0, 0.05) is 16.2 Å². The summed E-state index contributed by atoms with van der Waals surface area (Å²) in [6.45, 7) is 0. The SMILES string of the molecule is COc1cc(C=CC(=O)Nc2cccc(Br)c2)cc(OC)c1OC. The van der Waals surface area contributed by atoms with Gasteiger partial charge in [0.15, 0.2) is 11.5 Å². The molecule has 0 heterocycles. The van der Waals surface area contributed by atoms with E-state index in [1.807, 2.05) is 24.3 Å². The molecule has 24 heavy (non-hydrogen) atoms. The fraction of sp³-hybridized carbons (Fsp3) is 0.167. The van der Waals surface area contributed by atoms with Crippen molar-refractivity contribution in [2.75, 3.05) is 26.6 Å². The van der Waals surface area contributed by atoms with Crippen LogP contribution in [0.15, 0.2) is 46.9 Å². The van der Waals surface area contributed by atoms with Gasteiger partial charge in [-0.3, -0.25) is 4.79 Å². The van der Waals surface area contributed by atoms with Crippen molar-refractivity contribution in [3.05, 3.63) is 52.5 Å². The number of ether oxygens (including phenoxy) is 3. The minimum absolute atomic E-state index is 0.234. The van der Waals surface area contributed by atoms with E-state index in [0.29, 0.717) is 22.9 Å². The molecule has 0 atom stereocenters. The summed E-state index contributed by atoms with van der Waals surface area (Å²) in [5.74, 6) is 1.34. The lowest BCUT2D eigenvalue weighted by Gasteiger charge is -2.12. The summed E-state index contributed by atoms with van der Waals surface area (Å²) in [7, 11) is 4.64. The lowest BCUT2D eigenvalue weighted by Crippen LogP contribution is -2.07. The number of carbonyl (C=O) groups is 1. The molecule has 0 saturated heterocycles. The third-order valence-electron chi connectivity index (χ3n) is 3.21. The second-order valence-electron chi connectivity index (χ2n) is 4.79. The van der Waals surface area contributed by atoms with Gasteiger partial charge in [-0.15, -0.1) is 0 Å². The fourth-order valence-corrected chi connectivity index (χ4v) is 2.52. The molecular formula is C18H18BrNO4. The maximum Gasteiger partial charge on any atom is 0.248 e. The molecule has 0 fully saturated rings. The number of hydrogen-bond acceptors (Lipinski definition) is 4. The molecule has 6 heteroatoms. The van der Waals surface area contributed by atoms with Crippen LogP contribution >= 0.6 is 15.9 Å². The Bertz CT molecular complexity index is 733. The number of methoxy groups -OCH3 is 3. The Morgan fingerprint density at radius 3 is 2.25 bits per heavy atom. The molecule has 0 spiro atoms. The van der Waals surface area contributed by atoms with E-state index in [1.54, 1.807) is 39.5 Å². The first kappa shape index (κ1) is 17.9. The van der Waals surface area contributed by atoms with Gasteiger partial charge in [-0.2, -0.15) is 0 Å². The molecule has 1 amide bonds. The smallest absolute Gasteiger partial charge is 0.248 e. The molecule has 126 valence electrons. The topological polar surface area (TPSA) is 56.8 Å². The minimum atomic E-state index is -0.234. The van der Waals surface area contributed by atoms with Gasteiger partial charge < -0.3 is 19.5 Å². The lowest BCUT2D eigenvalue weighted by molar-refractivity contribution is -0.111. The van der Waals surface area contributed by atoms with E-state index in [4.69, 9.17) is 14.2 Å². The molecule has 0 aliphatic rings. The number of carbonyl (C=O) groups excluding carboxylic acids is 1. The molecule has 2 rings (SSSR count). The molecule has 0 aromatic heterocycles. The Hall–Kier alpha value is -2.47. The second-order valence-corrected chi connectivity index (χ2v) is 5.71. The molecule has 2 aromatic carbocycles. The largest absolute Gasteiger partial charge is 0.493 e. The van der Waals surface area contributed by atoms with Gasteiger partial charge in [-0.05, 0) is 42.0 Å². The Balaban J connectivity index is 2.17. The number of rotatable bonds is 6. The van der Waals surface area contributed by atoms with Crippen LogP contribution in [0.4, 0.5) is 5.69 Å². The van der Waals surface area contributed by atoms with Crippen LogP contribution in [0, 0.1) is 0 Å². The number of hydrogen-bond donors (Lipinski definition) is 1. The molecule has 1 N–H and O–H groups in total. The average Bonchev–Trinajstić information content (AvgIpc) is 2.58. The van der Waals surface area contributed by atoms with Gasteiger partial charge >= 0.3 is 0 Å². The summed E-state index contributed by atoms with van der Waals surface area (Å²) < 4.78 is 16.7. The maximum atomic E-state index is 12.0. The quantitative estimate of drug-likeness (QED) is 0.752. The monoisotopic (exact) mass is 391 g/mol. The first-order valence-electron chi connectivity index (χ1n) is 7.12. The zero-order valence-electron chi connectivity index (χ0n) is 13.6. The molecule has 0 bridgehead atoms. The van der Waals surface area contributed by atoms with Gasteiger partial charge in [0.2, 0.25) is 11.7 Å². The van der Waals surface area contributed by atoms with E-state index in [2.05, 4.69) is 21.2 Å². The summed E-state index contributed by atoms with van der Waals surface area (Å²) in [4.78, 5) is 12.0. The summed E-state index contributed by atoms with van der Waals surface area (Å²) in [6.07, 6.45) is 3.12. The van der Waals surface area contributed by atoms with Crippen molar-refractivity contribution in [2.24, 2.45) is 0 Å². The van der Waals surface area contributed by atoms with Gasteiger partial charge in [0.05, 0.1) is 21.3 Å². The van der Waals surface area contributed by atoms with Crippen molar-refractivity contribution in [2.45, 2.75) is 0 Å². The van der Waals surface area contributed by atoms with Crippen LogP contribution in [0.1, 0.15) is 5.56 Å². The Kier molecular flexibility index (Phi) is 6.26. The Morgan fingerprint density at radius 2 is 1.71 bits per heavy atom. The summed E-state index contributed by atoms with van der Waals surface area (Å²) in [6, 6.07) is 10.9. The first-order valence-corrected chi connectivity index (χ1v) is 7.91. The molecule has 0 aliphatic carbocycles. The van der Waals surface area contributed by atoms with Crippen LogP contribution in [0.3, 0.4) is 0 Å². The molecule has 2 aromatic rings. The van der Waals surface area contributed by atoms with Crippen molar-refractivity contribution in [3.8, 4) is 17.2 Å². The van der Waals surface area contributed by atoms with Crippen molar-refractivity contribution >= 4 is 33.6 Å². The van der Waals surface area contributed by atoms with E-state index in [-0.39, 0.29) is 5.91 Å². The molecule has 0 aliphatic heterocycles. The Labute approximate surface area is 149 Å². The Morgan fingerprint density at radius 1 is 1.04 bits per heavy atom. The summed E-state index contributed by atoms with van der Waals surface area (Å²) in [5, 5.41) is 2.79. The van der Waals surface area contributed by atoms with Crippen LogP contribution in [0.2, 0.25) is 0 Å². The van der Waals surface area contributed by atoms with Crippen molar-refractivity contribution in [1.29, 1.82) is 0 Å². The highest BCUT2D eigenvalue weighted by Crippen LogP contribution is 2.38. The highest BCUT2D eigenvalue weighted by Gasteiger charge is 2.12. The van der Waals surface area contributed by atoms with E-state index >= 15 is 0 Å². The van der Waals surface area contributed by atoms with Gasteiger partial charge in [0.25, 0.3) is 0 Å². The first-order chi connectivity index (χ1) is 11.6. The average molecular weight is 392 g/mol. The van der Waals surface area contributed by atoms with Crippen molar-refractivity contribution in [1.82, 2.24) is 0 Å². The van der Waals surface area contributed by atoms with Crippen LogP contribution in [-0.4, -0.2) is 27.2 Å². The normalized spacial score (nSPS) is 10.5. The molecule has 0 unspecified atom stereocenters. The van der Waals surface area contributed by atoms with Gasteiger partial charge in [-0.25, -0.2) is 0 Å². The highest BCUT2D eigenvalue weighted by molar-refractivity contribution is 9.10. The number of anilines is 1. The van der Waals surface area contributed by atoms with Crippen LogP contribution in [0.25, 0.3) is 6.08 Å². The molecule has 5 nitrogen and oxygen atoms in total. The van der Waals surface area contributed by atoms with Crippen molar-refractivity contribution in [3.63, 3.8) is 0 Å². The minimum Gasteiger partial charge on any atom is -0.493 e. The molecule has 0 radical (unpaired) electrons. The predicted molar refractivity (Wildman–Crippen MR) is 97.9 cm³/mol. The number of halogens is 1. The lowest BCUT2D eigenvalue weighted by atomic mass is 10.1. The van der Waals surface area contributed by atoms with E-state index in [1.165, 1.54) is 6.08 Å². The number of benzene rings is 2. The van der Waals surface area contributed by atoms with Crippen LogP contribution in [0.5, 0.6) is 17.2 Å². The summed E-state index contributed by atoms with van der Waals surface area (Å²) in [5.41, 5.74) is 1.47. The van der Waals surface area contributed by atoms with Crippen molar-refractivity contribution < 1.29 is 19.0 Å². The predicted octanol–water partition coefficient (Wildman–Crippen LogP) is 4.13. The second kappa shape index (κ2) is 8.40. The van der Waals surface area contributed by atoms with Crippen LogP contribution in [-0.2, 0) is 4.79 Å². The molecular weight excluding hydrogens is 374 g/mol. The van der Waals surface area contributed by atoms with Gasteiger partial charge in [-0.1, -0.05) is 22.0 Å². The highest BCUT2D eigenvalue weighted by atomic mass is 79.9.